The molecule has 128 valence electrons. The maximum Gasteiger partial charge on any atom is 0.233 e. The van der Waals surface area contributed by atoms with Crippen molar-refractivity contribution in [2.75, 3.05) is 5.32 Å². The lowest BCUT2D eigenvalue weighted by Gasteiger charge is -2.20. The molecule has 25 heavy (non-hydrogen) atoms. The summed E-state index contributed by atoms with van der Waals surface area (Å²) in [7, 11) is 1.85. The van der Waals surface area contributed by atoms with Crippen molar-refractivity contribution >= 4 is 11.7 Å². The molecule has 0 spiro atoms. The fraction of sp³-hybridized carbons (Fsp3) is 0.316. The van der Waals surface area contributed by atoms with E-state index in [2.05, 4.69) is 33.6 Å². The zero-order valence-electron chi connectivity index (χ0n) is 14.4. The number of anilines is 1. The minimum atomic E-state index is -0.153. The lowest BCUT2D eigenvalue weighted by molar-refractivity contribution is -0.117. The molecule has 2 N–H and O–H groups in total. The first kappa shape index (κ1) is 15.6. The summed E-state index contributed by atoms with van der Waals surface area (Å²) in [5.41, 5.74) is 5.20. The zero-order valence-corrected chi connectivity index (χ0v) is 14.4. The minimum Gasteiger partial charge on any atom is -0.310 e. The first-order valence-corrected chi connectivity index (χ1v) is 8.56. The highest BCUT2D eigenvalue weighted by Gasteiger charge is 2.28. The van der Waals surface area contributed by atoms with Gasteiger partial charge in [0.25, 0.3) is 0 Å². The van der Waals surface area contributed by atoms with E-state index >= 15 is 0 Å². The number of nitrogens with one attached hydrogen (secondary N) is 2. The van der Waals surface area contributed by atoms with Crippen molar-refractivity contribution in [3.05, 3.63) is 53.3 Å². The summed E-state index contributed by atoms with van der Waals surface area (Å²) in [5, 5.41) is 14.7. The van der Waals surface area contributed by atoms with Gasteiger partial charge in [-0.3, -0.25) is 14.6 Å². The summed E-state index contributed by atoms with van der Waals surface area (Å²) in [6.07, 6.45) is 4.58. The van der Waals surface area contributed by atoms with Crippen molar-refractivity contribution in [1.82, 2.24) is 20.0 Å². The monoisotopic (exact) mass is 335 g/mol. The molecule has 3 aromatic rings. The molecule has 1 unspecified atom stereocenters. The Bertz CT molecular complexity index is 924. The number of hydrogen-bond donors (Lipinski definition) is 2. The van der Waals surface area contributed by atoms with E-state index in [0.29, 0.717) is 5.82 Å². The Labute approximate surface area is 146 Å². The van der Waals surface area contributed by atoms with E-state index in [4.69, 9.17) is 0 Å². The van der Waals surface area contributed by atoms with Gasteiger partial charge in [0.15, 0.2) is 0 Å². The van der Waals surface area contributed by atoms with E-state index in [-0.39, 0.29) is 11.8 Å². The highest BCUT2D eigenvalue weighted by atomic mass is 16.2. The van der Waals surface area contributed by atoms with Crippen LogP contribution in [0.15, 0.2) is 36.5 Å². The third-order valence-electron chi connectivity index (χ3n) is 4.92. The number of rotatable bonds is 3. The van der Waals surface area contributed by atoms with Gasteiger partial charge in [0, 0.05) is 29.9 Å². The third-order valence-corrected chi connectivity index (χ3v) is 4.92. The lowest BCUT2D eigenvalue weighted by atomic mass is 9.86. The predicted molar refractivity (Wildman–Crippen MR) is 96.3 cm³/mol. The summed E-state index contributed by atoms with van der Waals surface area (Å²) in [5.74, 6) is 0.555. The number of aryl methyl sites for hydroxylation is 3. The first-order chi connectivity index (χ1) is 12.1. The van der Waals surface area contributed by atoms with Gasteiger partial charge in [0.2, 0.25) is 5.91 Å². The zero-order chi connectivity index (χ0) is 17.4. The van der Waals surface area contributed by atoms with E-state index in [9.17, 15) is 4.79 Å². The van der Waals surface area contributed by atoms with Gasteiger partial charge in [-0.05, 0) is 31.7 Å². The Morgan fingerprint density at radius 1 is 1.36 bits per heavy atom. The van der Waals surface area contributed by atoms with E-state index in [1.807, 2.05) is 31.3 Å². The summed E-state index contributed by atoms with van der Waals surface area (Å²) in [6, 6.07) is 10.0. The summed E-state index contributed by atoms with van der Waals surface area (Å²) >= 11 is 0. The van der Waals surface area contributed by atoms with Crippen molar-refractivity contribution in [2.24, 2.45) is 7.05 Å². The SMILES string of the molecule is Cc1ccccc1-c1cc(NC(=O)C2CCCc3[nH]ncc32)n(C)n1. The molecule has 6 heteroatoms. The molecule has 2 aromatic heterocycles. The van der Waals surface area contributed by atoms with Gasteiger partial charge in [0.05, 0.1) is 17.8 Å². The fourth-order valence-corrected chi connectivity index (χ4v) is 3.52. The molecule has 1 aliphatic carbocycles. The third kappa shape index (κ3) is 2.84. The second-order valence-electron chi connectivity index (χ2n) is 6.59. The number of nitrogens with zero attached hydrogens (tertiary/aromatic N) is 3. The normalized spacial score (nSPS) is 16.5. The summed E-state index contributed by atoms with van der Waals surface area (Å²) in [6.45, 7) is 2.06. The molecule has 1 aliphatic rings. The van der Waals surface area contributed by atoms with Crippen LogP contribution in [0, 0.1) is 6.92 Å². The standard InChI is InChI=1S/C19H21N5O/c1-12-6-3-4-7-13(12)17-10-18(24(2)23-17)21-19(25)14-8-5-9-16-15(14)11-20-22-16/h3-4,6-7,10-11,14H,5,8-9H2,1-2H3,(H,20,22)(H,21,25). The Morgan fingerprint density at radius 3 is 3.04 bits per heavy atom. The van der Waals surface area contributed by atoms with Crippen LogP contribution in [0.25, 0.3) is 11.3 Å². The van der Waals surface area contributed by atoms with Crippen LogP contribution < -0.4 is 5.32 Å². The first-order valence-electron chi connectivity index (χ1n) is 8.56. The van der Waals surface area contributed by atoms with E-state index < -0.39 is 0 Å². The smallest absolute Gasteiger partial charge is 0.233 e. The lowest BCUT2D eigenvalue weighted by Crippen LogP contribution is -2.25. The van der Waals surface area contributed by atoms with Gasteiger partial charge in [-0.25, -0.2) is 0 Å². The number of carbonyl (C=O) groups excluding carboxylic acids is 1. The number of benzene rings is 1. The van der Waals surface area contributed by atoms with E-state index in [1.54, 1.807) is 10.9 Å². The van der Waals surface area contributed by atoms with E-state index in [1.165, 1.54) is 0 Å². The van der Waals surface area contributed by atoms with E-state index in [0.717, 1.165) is 47.3 Å². The van der Waals surface area contributed by atoms with Gasteiger partial charge in [-0.2, -0.15) is 10.2 Å². The highest BCUT2D eigenvalue weighted by molar-refractivity contribution is 5.96. The van der Waals surface area contributed by atoms with Crippen LogP contribution in [-0.4, -0.2) is 25.9 Å². The van der Waals surface area contributed by atoms with Crippen molar-refractivity contribution in [3.8, 4) is 11.3 Å². The highest BCUT2D eigenvalue weighted by Crippen LogP contribution is 2.32. The van der Waals surface area contributed by atoms with Crippen molar-refractivity contribution in [3.63, 3.8) is 0 Å². The maximum atomic E-state index is 12.8. The Morgan fingerprint density at radius 2 is 2.20 bits per heavy atom. The van der Waals surface area contributed by atoms with Gasteiger partial charge in [0.1, 0.15) is 5.82 Å². The topological polar surface area (TPSA) is 75.6 Å². The van der Waals surface area contributed by atoms with Crippen LogP contribution in [0.4, 0.5) is 5.82 Å². The molecule has 1 amide bonds. The Balaban J connectivity index is 1.58. The quantitative estimate of drug-likeness (QED) is 0.772. The number of H-pyrrole nitrogens is 1. The van der Waals surface area contributed by atoms with Gasteiger partial charge < -0.3 is 5.32 Å². The van der Waals surface area contributed by atoms with Crippen molar-refractivity contribution < 1.29 is 4.79 Å². The van der Waals surface area contributed by atoms with Gasteiger partial charge in [-0.15, -0.1) is 0 Å². The number of fused-ring (bicyclic) bond motifs is 1. The number of aromatic nitrogens is 4. The van der Waals surface area contributed by atoms with Crippen LogP contribution in [0.1, 0.15) is 35.6 Å². The van der Waals surface area contributed by atoms with Crippen LogP contribution in [-0.2, 0) is 18.3 Å². The second-order valence-corrected chi connectivity index (χ2v) is 6.59. The van der Waals surface area contributed by atoms with Gasteiger partial charge >= 0.3 is 0 Å². The average Bonchev–Trinajstić information content (AvgIpc) is 3.22. The molecule has 0 radical (unpaired) electrons. The van der Waals surface area contributed by atoms with Crippen LogP contribution >= 0.6 is 0 Å². The maximum absolute atomic E-state index is 12.8. The summed E-state index contributed by atoms with van der Waals surface area (Å²) < 4.78 is 1.72. The molecule has 4 rings (SSSR count). The van der Waals surface area contributed by atoms with Crippen molar-refractivity contribution in [2.45, 2.75) is 32.1 Å². The Hall–Kier alpha value is -2.89. The number of carbonyl (C=O) groups is 1. The molecule has 0 fully saturated rings. The molecule has 0 saturated heterocycles. The molecular formula is C19H21N5O. The molecule has 1 atom stereocenters. The van der Waals surface area contributed by atoms with Crippen LogP contribution in [0.2, 0.25) is 0 Å². The largest absolute Gasteiger partial charge is 0.310 e. The number of hydrogen-bond acceptors (Lipinski definition) is 3. The molecular weight excluding hydrogens is 314 g/mol. The molecule has 0 aliphatic heterocycles. The second kappa shape index (κ2) is 6.20. The average molecular weight is 335 g/mol. The number of amides is 1. The Kier molecular flexibility index (Phi) is 3.87. The summed E-state index contributed by atoms with van der Waals surface area (Å²) in [4.78, 5) is 12.8. The van der Waals surface area contributed by atoms with Crippen LogP contribution in [0.3, 0.4) is 0 Å². The molecule has 2 heterocycles. The number of aromatic amines is 1. The molecule has 0 bridgehead atoms. The fourth-order valence-electron chi connectivity index (χ4n) is 3.52. The van der Waals surface area contributed by atoms with Crippen LogP contribution in [0.5, 0.6) is 0 Å². The molecule has 6 nitrogen and oxygen atoms in total. The van der Waals surface area contributed by atoms with Crippen molar-refractivity contribution in [1.29, 1.82) is 0 Å². The minimum absolute atomic E-state index is 0.00156. The molecule has 1 aromatic carbocycles. The van der Waals surface area contributed by atoms with Gasteiger partial charge in [-0.1, -0.05) is 24.3 Å². The molecule has 0 saturated carbocycles. The predicted octanol–water partition coefficient (Wildman–Crippen LogP) is 3.18.